The van der Waals surface area contributed by atoms with E-state index in [1.807, 2.05) is 121 Å². The van der Waals surface area contributed by atoms with Crippen molar-refractivity contribution in [2.75, 3.05) is 53.6 Å². The van der Waals surface area contributed by atoms with Gasteiger partial charge in [-0.2, -0.15) is 0 Å². The largest absolute Gasteiger partial charge is 0.497 e. The Morgan fingerprint density at radius 2 is 1.36 bits per heavy atom. The summed E-state index contributed by atoms with van der Waals surface area (Å²) in [7, 11) is 2.85. The number of carbonyl (C=O) groups is 4. The lowest BCUT2D eigenvalue weighted by Gasteiger charge is -2.35. The fourth-order valence-electron chi connectivity index (χ4n) is 7.65. The fourth-order valence-corrected chi connectivity index (χ4v) is 7.65. The molecule has 4 amide bonds. The van der Waals surface area contributed by atoms with Gasteiger partial charge in [0.25, 0.3) is 0 Å². The third-order valence-electron chi connectivity index (χ3n) is 10.6. The molecule has 2 N–H and O–H groups in total. The van der Waals surface area contributed by atoms with Crippen molar-refractivity contribution < 1.29 is 33.4 Å². The molecule has 0 bridgehead atoms. The maximum Gasteiger partial charge on any atom is 0.407 e. The summed E-state index contributed by atoms with van der Waals surface area (Å²) in [4.78, 5) is 60.4. The average molecular weight is 780 g/mol. The molecule has 1 aliphatic carbocycles. The lowest BCUT2D eigenvalue weighted by Crippen LogP contribution is -2.54. The van der Waals surface area contributed by atoms with Crippen LogP contribution in [0.2, 0.25) is 0 Å². The second kappa shape index (κ2) is 17.9. The quantitative estimate of drug-likeness (QED) is 0.0991. The number of hydrogen-bond acceptors (Lipinski definition) is 8. The van der Waals surface area contributed by atoms with Crippen LogP contribution < -0.4 is 15.4 Å². The molecule has 0 saturated carbocycles. The average Bonchev–Trinajstić information content (AvgIpc) is 3.59. The van der Waals surface area contributed by atoms with Gasteiger partial charge >= 0.3 is 18.1 Å². The van der Waals surface area contributed by atoms with E-state index in [9.17, 15) is 19.2 Å². The second-order valence-corrected chi connectivity index (χ2v) is 14.0. The van der Waals surface area contributed by atoms with Gasteiger partial charge in [0.1, 0.15) is 36.8 Å². The molecule has 1 heterocycles. The molecule has 12 heteroatoms. The van der Waals surface area contributed by atoms with Gasteiger partial charge in [-0.1, -0.05) is 121 Å². The van der Waals surface area contributed by atoms with Crippen molar-refractivity contribution in [1.82, 2.24) is 20.4 Å². The molecule has 1 fully saturated rings. The van der Waals surface area contributed by atoms with E-state index >= 15 is 0 Å². The standard InChI is InChI=1S/C46H45N5O7/c1-56-35-23-21-34(22-24-35)46(32-13-5-3-6-14-32,33-15-7-4-8-16-33)49-41-25-27-51(44(54)48-41)29-42(52)50(30-43(53)57-2)28-26-47-45(55)58-31-40-38-19-11-9-17-36(38)37-18-10-12-20-39(37)40/h3-24,40H,25-31H2,1-2H3,(H,47,55)(H,48,49,54). The number of hydrogen-bond donors (Lipinski definition) is 2. The van der Waals surface area contributed by atoms with Crippen molar-refractivity contribution in [2.24, 2.45) is 4.99 Å². The minimum Gasteiger partial charge on any atom is -0.497 e. The van der Waals surface area contributed by atoms with Crippen LogP contribution in [-0.2, 0) is 24.6 Å². The summed E-state index contributed by atoms with van der Waals surface area (Å²) in [6.45, 7) is -0.335. The second-order valence-electron chi connectivity index (χ2n) is 14.0. The lowest BCUT2D eigenvalue weighted by atomic mass is 9.77. The first-order valence-corrected chi connectivity index (χ1v) is 19.1. The molecule has 5 aromatic carbocycles. The summed E-state index contributed by atoms with van der Waals surface area (Å²) in [5.74, 6) is -0.0737. The number of amides is 4. The number of methoxy groups -OCH3 is 2. The Labute approximate surface area is 337 Å². The Morgan fingerprint density at radius 1 is 0.793 bits per heavy atom. The summed E-state index contributed by atoms with van der Waals surface area (Å²) in [5, 5.41) is 5.63. The Morgan fingerprint density at radius 3 is 1.93 bits per heavy atom. The van der Waals surface area contributed by atoms with Gasteiger partial charge in [0.2, 0.25) is 5.91 Å². The predicted molar refractivity (Wildman–Crippen MR) is 220 cm³/mol. The molecular weight excluding hydrogens is 735 g/mol. The SMILES string of the molecule is COC(=O)CN(CCNC(=O)OCC1c2ccccc2-c2ccccc21)C(=O)CN1CCC(=NC(c2ccccc2)(c2ccccc2)c2ccc(OC)cc2)NC1=O. The van der Waals surface area contributed by atoms with Crippen LogP contribution in [0.3, 0.4) is 0 Å². The van der Waals surface area contributed by atoms with Crippen LogP contribution in [0.4, 0.5) is 9.59 Å². The van der Waals surface area contributed by atoms with Crippen LogP contribution in [0.15, 0.2) is 138 Å². The summed E-state index contributed by atoms with van der Waals surface area (Å²) < 4.78 is 15.9. The molecule has 7 rings (SSSR count). The molecule has 0 aromatic heterocycles. The molecule has 0 spiro atoms. The number of aliphatic imine (C=N–C) groups is 1. The molecule has 2 aliphatic rings. The van der Waals surface area contributed by atoms with Gasteiger partial charge in [0, 0.05) is 32.0 Å². The topological polar surface area (TPSA) is 139 Å². The molecule has 0 atom stereocenters. The van der Waals surface area contributed by atoms with Crippen molar-refractivity contribution in [3.8, 4) is 16.9 Å². The maximum absolute atomic E-state index is 13.6. The monoisotopic (exact) mass is 779 g/mol. The van der Waals surface area contributed by atoms with Gasteiger partial charge in [-0.3, -0.25) is 19.9 Å². The van der Waals surface area contributed by atoms with Crippen molar-refractivity contribution in [2.45, 2.75) is 17.9 Å². The number of nitrogens with one attached hydrogen (secondary N) is 2. The molecule has 12 nitrogen and oxygen atoms in total. The van der Waals surface area contributed by atoms with Crippen LogP contribution in [0.5, 0.6) is 5.75 Å². The Kier molecular flexibility index (Phi) is 12.1. The molecule has 5 aromatic rings. The molecule has 0 radical (unpaired) electrons. The zero-order chi connectivity index (χ0) is 40.5. The number of rotatable bonds is 14. The summed E-state index contributed by atoms with van der Waals surface area (Å²) >= 11 is 0. The van der Waals surface area contributed by atoms with E-state index in [-0.39, 0.29) is 45.2 Å². The van der Waals surface area contributed by atoms with Gasteiger partial charge in [-0.25, -0.2) is 9.59 Å². The first-order valence-electron chi connectivity index (χ1n) is 19.1. The molecule has 1 saturated heterocycles. The number of fused-ring (bicyclic) bond motifs is 3. The van der Waals surface area contributed by atoms with Gasteiger partial charge in [-0.05, 0) is 51.1 Å². The number of benzene rings is 5. The van der Waals surface area contributed by atoms with Crippen molar-refractivity contribution >= 4 is 29.8 Å². The highest BCUT2D eigenvalue weighted by Crippen LogP contribution is 2.45. The number of carbonyl (C=O) groups excluding carboxylic acids is 4. The molecule has 0 unspecified atom stereocenters. The summed E-state index contributed by atoms with van der Waals surface area (Å²) in [6, 6.07) is 43.1. The maximum atomic E-state index is 13.6. The highest BCUT2D eigenvalue weighted by molar-refractivity contribution is 6.01. The van der Waals surface area contributed by atoms with E-state index in [0.717, 1.165) is 38.9 Å². The highest BCUT2D eigenvalue weighted by Gasteiger charge is 2.38. The van der Waals surface area contributed by atoms with Crippen LogP contribution in [0.25, 0.3) is 11.1 Å². The number of esters is 1. The van der Waals surface area contributed by atoms with Gasteiger partial charge < -0.3 is 29.3 Å². The number of nitrogens with zero attached hydrogens (tertiary/aromatic N) is 3. The Hall–Kier alpha value is -6.95. The van der Waals surface area contributed by atoms with Crippen molar-refractivity contribution in [1.29, 1.82) is 0 Å². The molecule has 58 heavy (non-hydrogen) atoms. The highest BCUT2D eigenvalue weighted by atomic mass is 16.5. The first-order chi connectivity index (χ1) is 28.3. The van der Waals surface area contributed by atoms with E-state index in [1.54, 1.807) is 7.11 Å². The van der Waals surface area contributed by atoms with Gasteiger partial charge in [0.15, 0.2) is 0 Å². The van der Waals surface area contributed by atoms with Crippen LogP contribution in [0, 0.1) is 0 Å². The molecule has 296 valence electrons. The first kappa shape index (κ1) is 39.3. The Balaban J connectivity index is 1.01. The van der Waals surface area contributed by atoms with Crippen molar-refractivity contribution in [3.63, 3.8) is 0 Å². The number of ether oxygens (including phenoxy) is 3. The van der Waals surface area contributed by atoms with Crippen LogP contribution in [-0.4, -0.2) is 93.2 Å². The summed E-state index contributed by atoms with van der Waals surface area (Å²) in [5.41, 5.74) is 6.08. The smallest absolute Gasteiger partial charge is 0.407 e. The zero-order valence-corrected chi connectivity index (χ0v) is 32.4. The van der Waals surface area contributed by atoms with Gasteiger partial charge in [-0.15, -0.1) is 0 Å². The van der Waals surface area contributed by atoms with Crippen LogP contribution >= 0.6 is 0 Å². The number of urea groups is 1. The molecular formula is C46H45N5O7. The van der Waals surface area contributed by atoms with Crippen molar-refractivity contribution in [3.05, 3.63) is 161 Å². The lowest BCUT2D eigenvalue weighted by molar-refractivity contribution is -0.147. The minimum absolute atomic E-state index is 0.00876. The van der Waals surface area contributed by atoms with Gasteiger partial charge in [0.05, 0.1) is 14.2 Å². The normalized spacial score (nSPS) is 14.2. The Bertz CT molecular complexity index is 2200. The fraction of sp³-hybridized carbons (Fsp3) is 0.239. The van der Waals surface area contributed by atoms with E-state index in [4.69, 9.17) is 19.2 Å². The number of amidine groups is 1. The predicted octanol–water partition coefficient (Wildman–Crippen LogP) is 6.34. The molecule has 1 aliphatic heterocycles. The third kappa shape index (κ3) is 8.41. The van der Waals surface area contributed by atoms with Crippen LogP contribution in [0.1, 0.15) is 40.2 Å². The zero-order valence-electron chi connectivity index (χ0n) is 32.4. The number of alkyl carbamates (subject to hydrolysis) is 1. The minimum atomic E-state index is -1.02. The van der Waals surface area contributed by atoms with E-state index in [1.165, 1.54) is 16.9 Å². The third-order valence-corrected chi connectivity index (χ3v) is 10.6. The summed E-state index contributed by atoms with van der Waals surface area (Å²) in [6.07, 6.45) is -0.317. The van der Waals surface area contributed by atoms with E-state index in [0.29, 0.717) is 18.0 Å². The van der Waals surface area contributed by atoms with E-state index < -0.39 is 29.5 Å². The van der Waals surface area contributed by atoms with E-state index in [2.05, 4.69) is 22.8 Å².